The Morgan fingerprint density at radius 3 is 2.32 bits per heavy atom. The summed E-state index contributed by atoms with van der Waals surface area (Å²) >= 11 is 2.68. The molecule has 1 aromatic carbocycles. The lowest BCUT2D eigenvalue weighted by molar-refractivity contribution is -0.394. The van der Waals surface area contributed by atoms with E-state index in [2.05, 4.69) is 10.3 Å². The normalized spacial score (nSPS) is 10.4. The number of nitrogens with one attached hydrogen (secondary N) is 1. The number of hydrogen-bond acceptors (Lipinski definition) is 8. The van der Waals surface area contributed by atoms with Crippen molar-refractivity contribution in [2.45, 2.75) is 0 Å². The molecule has 0 saturated carbocycles. The fourth-order valence-electron chi connectivity index (χ4n) is 1.97. The number of carbonyl (C=O) groups excluding carboxylic acids is 1. The van der Waals surface area contributed by atoms with E-state index < -0.39 is 27.1 Å². The van der Waals surface area contributed by atoms with E-state index in [0.717, 1.165) is 23.1 Å². The van der Waals surface area contributed by atoms with Gasteiger partial charge in [-0.2, -0.15) is 0 Å². The van der Waals surface area contributed by atoms with E-state index in [1.54, 1.807) is 5.38 Å². The Balaban J connectivity index is 1.86. The Hall–Kier alpha value is -3.18. The second kappa shape index (κ2) is 6.75. The fraction of sp³-hybridized carbons (Fsp3) is 0. The van der Waals surface area contributed by atoms with Gasteiger partial charge in [-0.1, -0.05) is 6.07 Å². The third-order valence-electron chi connectivity index (χ3n) is 3.08. The summed E-state index contributed by atoms with van der Waals surface area (Å²) in [6, 6.07) is 6.52. The van der Waals surface area contributed by atoms with Gasteiger partial charge in [-0.05, 0) is 11.4 Å². The monoisotopic (exact) mass is 376 g/mol. The van der Waals surface area contributed by atoms with Crippen molar-refractivity contribution < 1.29 is 14.6 Å². The molecule has 0 aliphatic carbocycles. The molecule has 0 atom stereocenters. The summed E-state index contributed by atoms with van der Waals surface area (Å²) in [5, 5.41) is 28.2. The smallest absolute Gasteiger partial charge is 0.277 e. The molecule has 0 aliphatic heterocycles. The summed E-state index contributed by atoms with van der Waals surface area (Å²) in [6.45, 7) is 0. The van der Waals surface area contributed by atoms with Crippen molar-refractivity contribution in [3.8, 4) is 10.6 Å². The predicted octanol–water partition coefficient (Wildman–Crippen LogP) is 3.94. The molecule has 0 fully saturated rings. The number of nitro groups is 2. The number of thiazole rings is 1. The lowest BCUT2D eigenvalue weighted by Crippen LogP contribution is -2.12. The number of hydrogen-bond donors (Lipinski definition) is 1. The summed E-state index contributed by atoms with van der Waals surface area (Å²) in [5.74, 6) is -0.709. The molecule has 0 radical (unpaired) electrons. The van der Waals surface area contributed by atoms with Crippen LogP contribution in [-0.2, 0) is 0 Å². The van der Waals surface area contributed by atoms with Gasteiger partial charge in [0.1, 0.15) is 0 Å². The number of anilines is 1. The number of aromatic nitrogens is 1. The molecule has 0 unspecified atom stereocenters. The first-order chi connectivity index (χ1) is 11.9. The topological polar surface area (TPSA) is 128 Å². The van der Waals surface area contributed by atoms with Crippen LogP contribution in [0.25, 0.3) is 10.6 Å². The van der Waals surface area contributed by atoms with E-state index in [1.807, 2.05) is 17.5 Å². The molecule has 0 aliphatic rings. The first kappa shape index (κ1) is 16.7. The highest BCUT2D eigenvalue weighted by Crippen LogP contribution is 2.29. The molecule has 11 heteroatoms. The number of benzene rings is 1. The van der Waals surface area contributed by atoms with Crippen LogP contribution in [0.3, 0.4) is 0 Å². The first-order valence-corrected chi connectivity index (χ1v) is 8.44. The van der Waals surface area contributed by atoms with Gasteiger partial charge >= 0.3 is 0 Å². The van der Waals surface area contributed by atoms with Gasteiger partial charge in [-0.3, -0.25) is 30.3 Å². The number of carbonyl (C=O) groups is 1. The van der Waals surface area contributed by atoms with Crippen LogP contribution in [0.15, 0.2) is 41.1 Å². The number of amides is 1. The highest BCUT2D eigenvalue weighted by Gasteiger charge is 2.20. The van der Waals surface area contributed by atoms with Crippen LogP contribution in [0.2, 0.25) is 0 Å². The van der Waals surface area contributed by atoms with E-state index in [4.69, 9.17) is 0 Å². The Morgan fingerprint density at radius 1 is 1.08 bits per heavy atom. The van der Waals surface area contributed by atoms with Crippen LogP contribution in [0.1, 0.15) is 10.4 Å². The third-order valence-corrected chi connectivity index (χ3v) is 4.73. The molecule has 0 bridgehead atoms. The zero-order chi connectivity index (χ0) is 18.0. The molecule has 25 heavy (non-hydrogen) atoms. The number of non-ortho nitro benzene ring substituents is 2. The van der Waals surface area contributed by atoms with Crippen molar-refractivity contribution in [1.82, 2.24) is 4.98 Å². The number of nitro benzene ring substituents is 2. The largest absolute Gasteiger partial charge is 0.298 e. The molecular weight excluding hydrogens is 368 g/mol. The third kappa shape index (κ3) is 3.67. The van der Waals surface area contributed by atoms with Gasteiger partial charge in [0.2, 0.25) is 0 Å². The van der Waals surface area contributed by atoms with Crippen molar-refractivity contribution in [3.63, 3.8) is 0 Å². The van der Waals surface area contributed by atoms with E-state index in [1.165, 1.54) is 22.7 Å². The van der Waals surface area contributed by atoms with Gasteiger partial charge in [-0.15, -0.1) is 22.7 Å². The molecule has 3 rings (SSSR count). The minimum atomic E-state index is -0.790. The molecule has 126 valence electrons. The van der Waals surface area contributed by atoms with E-state index in [0.29, 0.717) is 10.8 Å². The van der Waals surface area contributed by atoms with Crippen LogP contribution < -0.4 is 5.32 Å². The van der Waals surface area contributed by atoms with Gasteiger partial charge in [0, 0.05) is 17.5 Å². The maximum atomic E-state index is 12.3. The van der Waals surface area contributed by atoms with Crippen LogP contribution in [-0.4, -0.2) is 20.7 Å². The average Bonchev–Trinajstić information content (AvgIpc) is 3.25. The highest BCUT2D eigenvalue weighted by atomic mass is 32.1. The Bertz CT molecular complexity index is 935. The van der Waals surface area contributed by atoms with Gasteiger partial charge < -0.3 is 0 Å². The molecule has 1 amide bonds. The SMILES string of the molecule is O=C(Nc1nc(-c2cccs2)cs1)c1cc([N+](=O)[O-])cc([N+](=O)[O-])c1. The second-order valence-corrected chi connectivity index (χ2v) is 6.53. The molecule has 9 nitrogen and oxygen atoms in total. The number of thiophene rings is 1. The maximum Gasteiger partial charge on any atom is 0.277 e. The van der Waals surface area contributed by atoms with Gasteiger partial charge in [0.15, 0.2) is 5.13 Å². The van der Waals surface area contributed by atoms with Gasteiger partial charge in [-0.25, -0.2) is 4.98 Å². The lowest BCUT2D eigenvalue weighted by atomic mass is 10.1. The lowest BCUT2D eigenvalue weighted by Gasteiger charge is -2.02. The van der Waals surface area contributed by atoms with Gasteiger partial charge in [0.25, 0.3) is 17.3 Å². The fourth-order valence-corrected chi connectivity index (χ4v) is 3.44. The molecule has 2 aromatic heterocycles. The molecular formula is C14H8N4O5S2. The summed E-state index contributed by atoms with van der Waals surface area (Å²) in [4.78, 5) is 37.7. The molecule has 0 saturated heterocycles. The molecule has 3 aromatic rings. The summed E-state index contributed by atoms with van der Waals surface area (Å²) in [7, 11) is 0. The Labute approximate surface area is 147 Å². The number of rotatable bonds is 5. The maximum absolute atomic E-state index is 12.3. The zero-order valence-electron chi connectivity index (χ0n) is 12.2. The van der Waals surface area contributed by atoms with Crippen LogP contribution in [0.4, 0.5) is 16.5 Å². The summed E-state index contributed by atoms with van der Waals surface area (Å²) in [6.07, 6.45) is 0. The van der Waals surface area contributed by atoms with Crippen LogP contribution >= 0.6 is 22.7 Å². The van der Waals surface area contributed by atoms with E-state index in [-0.39, 0.29) is 5.56 Å². The standard InChI is InChI=1S/C14H8N4O5S2/c19-13(8-4-9(17(20)21)6-10(5-8)18(22)23)16-14-15-11(7-25-14)12-2-1-3-24-12/h1-7H,(H,15,16,19). The predicted molar refractivity (Wildman–Crippen MR) is 93.1 cm³/mol. The van der Waals surface area contributed by atoms with Crippen molar-refractivity contribution in [3.05, 3.63) is 66.9 Å². The average molecular weight is 376 g/mol. The van der Waals surface area contributed by atoms with Crippen molar-refractivity contribution in [1.29, 1.82) is 0 Å². The summed E-state index contributed by atoms with van der Waals surface area (Å²) < 4.78 is 0. The zero-order valence-corrected chi connectivity index (χ0v) is 13.9. The van der Waals surface area contributed by atoms with E-state index in [9.17, 15) is 25.0 Å². The second-order valence-electron chi connectivity index (χ2n) is 4.72. The molecule has 1 N–H and O–H groups in total. The minimum Gasteiger partial charge on any atom is -0.298 e. The highest BCUT2D eigenvalue weighted by molar-refractivity contribution is 7.16. The van der Waals surface area contributed by atoms with Gasteiger partial charge in [0.05, 0.1) is 32.0 Å². The van der Waals surface area contributed by atoms with Crippen LogP contribution in [0.5, 0.6) is 0 Å². The van der Waals surface area contributed by atoms with Crippen molar-refractivity contribution in [2.24, 2.45) is 0 Å². The quantitative estimate of drug-likeness (QED) is 0.530. The summed E-state index contributed by atoms with van der Waals surface area (Å²) in [5.41, 5.74) is -0.551. The molecule has 2 heterocycles. The van der Waals surface area contributed by atoms with Crippen LogP contribution in [0, 0.1) is 20.2 Å². The minimum absolute atomic E-state index is 0.186. The number of nitrogens with zero attached hydrogens (tertiary/aromatic N) is 3. The van der Waals surface area contributed by atoms with E-state index >= 15 is 0 Å². The Morgan fingerprint density at radius 2 is 1.76 bits per heavy atom. The first-order valence-electron chi connectivity index (χ1n) is 6.68. The molecule has 0 spiro atoms. The van der Waals surface area contributed by atoms with Crippen molar-refractivity contribution in [2.75, 3.05) is 5.32 Å². The van der Waals surface area contributed by atoms with Crippen molar-refractivity contribution >= 4 is 45.1 Å². The Kier molecular flexibility index (Phi) is 4.50.